The van der Waals surface area contributed by atoms with Crippen LogP contribution in [0.5, 0.6) is 0 Å². The molecule has 0 saturated carbocycles. The molecule has 236 valence electrons. The number of carbonyl (C=O) groups is 3. The van der Waals surface area contributed by atoms with Crippen molar-refractivity contribution in [3.8, 4) is 0 Å². The SMILES string of the molecule is CC(C)(OC(=O)CCC(CCC(=O)OC(C)(C)C1CC[NH2+]CC1)C(=O)OC(C)(C)C1CC[NH2+]CC1)C1CC[NH2+]CC1. The highest BCUT2D eigenvalue weighted by Gasteiger charge is 2.39. The number of carbonyl (C=O) groups excluding carboxylic acids is 3. The van der Waals surface area contributed by atoms with Crippen LogP contribution in [0.3, 0.4) is 0 Å². The number of esters is 3. The van der Waals surface area contributed by atoms with Crippen molar-refractivity contribution in [3.05, 3.63) is 0 Å². The van der Waals surface area contributed by atoms with Crippen molar-refractivity contribution in [2.24, 2.45) is 23.7 Å². The first-order valence-corrected chi connectivity index (χ1v) is 16.4. The Morgan fingerprint density at radius 3 is 1.17 bits per heavy atom. The molecule has 3 fully saturated rings. The van der Waals surface area contributed by atoms with E-state index in [1.807, 2.05) is 41.5 Å². The van der Waals surface area contributed by atoms with Crippen LogP contribution >= 0.6 is 0 Å². The molecule has 41 heavy (non-hydrogen) atoms. The minimum absolute atomic E-state index is 0.125. The molecule has 3 saturated heterocycles. The van der Waals surface area contributed by atoms with Crippen LogP contribution in [0.25, 0.3) is 0 Å². The van der Waals surface area contributed by atoms with Crippen LogP contribution in [0.1, 0.15) is 106 Å². The number of ether oxygens (including phenoxy) is 3. The number of hydrogen-bond donors (Lipinski definition) is 3. The van der Waals surface area contributed by atoms with E-state index in [1.54, 1.807) is 0 Å². The van der Waals surface area contributed by atoms with Gasteiger partial charge in [0.15, 0.2) is 0 Å². The molecule has 0 aromatic carbocycles. The van der Waals surface area contributed by atoms with Gasteiger partial charge in [-0.3, -0.25) is 14.4 Å². The Morgan fingerprint density at radius 2 is 0.854 bits per heavy atom. The highest BCUT2D eigenvalue weighted by Crippen LogP contribution is 2.32. The molecular formula is C32H60N3O6+3. The summed E-state index contributed by atoms with van der Waals surface area (Å²) in [6.07, 6.45) is 6.98. The third-order valence-corrected chi connectivity index (χ3v) is 10.1. The van der Waals surface area contributed by atoms with E-state index in [9.17, 15) is 14.4 Å². The van der Waals surface area contributed by atoms with Crippen LogP contribution < -0.4 is 16.0 Å². The predicted molar refractivity (Wildman–Crippen MR) is 156 cm³/mol. The van der Waals surface area contributed by atoms with E-state index in [2.05, 4.69) is 16.0 Å². The molecule has 0 aromatic rings. The summed E-state index contributed by atoms with van der Waals surface area (Å²) < 4.78 is 18.1. The van der Waals surface area contributed by atoms with E-state index in [4.69, 9.17) is 14.2 Å². The average molecular weight is 583 g/mol. The second-order valence-corrected chi connectivity index (χ2v) is 14.4. The zero-order valence-corrected chi connectivity index (χ0v) is 26.8. The lowest BCUT2D eigenvalue weighted by Gasteiger charge is -2.37. The maximum Gasteiger partial charge on any atom is 0.309 e. The van der Waals surface area contributed by atoms with Gasteiger partial charge >= 0.3 is 17.9 Å². The van der Waals surface area contributed by atoms with Crippen LogP contribution in [-0.2, 0) is 28.6 Å². The summed E-state index contributed by atoms with van der Waals surface area (Å²) in [7, 11) is 0. The van der Waals surface area contributed by atoms with E-state index in [1.165, 1.54) is 0 Å². The first-order valence-electron chi connectivity index (χ1n) is 16.4. The molecule has 0 bridgehead atoms. The molecule has 0 amide bonds. The number of quaternary nitrogens is 3. The van der Waals surface area contributed by atoms with Gasteiger partial charge in [0.05, 0.1) is 45.2 Å². The third kappa shape index (κ3) is 10.5. The predicted octanol–water partition coefficient (Wildman–Crippen LogP) is 1.05. The van der Waals surface area contributed by atoms with Gasteiger partial charge in [0.1, 0.15) is 16.8 Å². The number of hydrogen-bond acceptors (Lipinski definition) is 6. The van der Waals surface area contributed by atoms with Crippen molar-refractivity contribution < 1.29 is 44.5 Å². The highest BCUT2D eigenvalue weighted by atomic mass is 16.6. The Hall–Kier alpha value is -1.71. The van der Waals surface area contributed by atoms with E-state index >= 15 is 0 Å². The first-order chi connectivity index (χ1) is 19.3. The number of nitrogens with two attached hydrogens (primary N) is 3. The van der Waals surface area contributed by atoms with Crippen LogP contribution in [0.4, 0.5) is 0 Å². The van der Waals surface area contributed by atoms with Gasteiger partial charge < -0.3 is 30.2 Å². The average Bonchev–Trinajstić information content (AvgIpc) is 2.93. The zero-order chi connectivity index (χ0) is 30.1. The molecule has 3 heterocycles. The molecule has 0 aromatic heterocycles. The minimum atomic E-state index is -0.593. The highest BCUT2D eigenvalue weighted by molar-refractivity contribution is 5.76. The smallest absolute Gasteiger partial charge is 0.309 e. The van der Waals surface area contributed by atoms with Crippen molar-refractivity contribution in [1.82, 2.24) is 0 Å². The monoisotopic (exact) mass is 582 g/mol. The van der Waals surface area contributed by atoms with Gasteiger partial charge in [-0.15, -0.1) is 0 Å². The third-order valence-electron chi connectivity index (χ3n) is 10.1. The van der Waals surface area contributed by atoms with Gasteiger partial charge in [0.25, 0.3) is 0 Å². The zero-order valence-electron chi connectivity index (χ0n) is 26.8. The van der Waals surface area contributed by atoms with Gasteiger partial charge in [-0.25, -0.2) is 0 Å². The lowest BCUT2D eigenvalue weighted by Crippen LogP contribution is -2.86. The van der Waals surface area contributed by atoms with Crippen molar-refractivity contribution in [2.75, 3.05) is 39.3 Å². The van der Waals surface area contributed by atoms with Gasteiger partial charge in [-0.1, -0.05) is 0 Å². The molecule has 9 nitrogen and oxygen atoms in total. The van der Waals surface area contributed by atoms with E-state index in [0.29, 0.717) is 30.6 Å². The standard InChI is InChI=1S/C32H57N3O6/c1-30(2,24-11-17-33-18-12-24)39-27(36)9-7-23(29(38)41-32(5,6)26-15-21-35-22-16-26)8-10-28(37)40-31(3,4)25-13-19-34-20-14-25/h23-26,33-35H,7-22H2,1-6H3/p+3. The summed E-state index contributed by atoms with van der Waals surface area (Å²) in [6, 6.07) is 0. The van der Waals surface area contributed by atoms with Crippen molar-refractivity contribution in [2.45, 2.75) is 123 Å². The Labute approximate surface area is 248 Å². The fourth-order valence-corrected chi connectivity index (χ4v) is 7.11. The van der Waals surface area contributed by atoms with Crippen LogP contribution in [0.2, 0.25) is 0 Å². The van der Waals surface area contributed by atoms with E-state index in [-0.39, 0.29) is 30.7 Å². The van der Waals surface area contributed by atoms with Gasteiger partial charge in [0.2, 0.25) is 0 Å². The van der Waals surface area contributed by atoms with E-state index < -0.39 is 22.7 Å². The summed E-state index contributed by atoms with van der Waals surface area (Å²) in [5.74, 6) is -0.492. The topological polar surface area (TPSA) is 129 Å². The Morgan fingerprint density at radius 1 is 0.561 bits per heavy atom. The number of rotatable bonds is 13. The van der Waals surface area contributed by atoms with E-state index in [0.717, 1.165) is 77.8 Å². The lowest BCUT2D eigenvalue weighted by molar-refractivity contribution is -0.666. The maximum absolute atomic E-state index is 13.6. The van der Waals surface area contributed by atoms with Crippen LogP contribution in [0, 0.1) is 23.7 Å². The molecule has 6 N–H and O–H groups in total. The van der Waals surface area contributed by atoms with Gasteiger partial charge in [-0.05, 0) is 54.4 Å². The van der Waals surface area contributed by atoms with Crippen molar-refractivity contribution in [1.29, 1.82) is 0 Å². The molecule has 3 aliphatic rings. The number of piperidine rings is 3. The molecular weight excluding hydrogens is 522 g/mol. The molecule has 3 rings (SSSR count). The second-order valence-electron chi connectivity index (χ2n) is 14.4. The summed E-state index contributed by atoms with van der Waals surface area (Å²) in [5.41, 5.74) is -1.66. The summed E-state index contributed by atoms with van der Waals surface area (Å²) in [5, 5.41) is 6.91. The van der Waals surface area contributed by atoms with Crippen LogP contribution in [-0.4, -0.2) is 74.0 Å². The summed E-state index contributed by atoms with van der Waals surface area (Å²) in [4.78, 5) is 39.5. The minimum Gasteiger partial charge on any atom is -0.459 e. The largest absolute Gasteiger partial charge is 0.459 e. The molecule has 9 heteroatoms. The normalized spacial score (nSPS) is 20.6. The molecule has 0 radical (unpaired) electrons. The van der Waals surface area contributed by atoms with Crippen LogP contribution in [0.15, 0.2) is 0 Å². The summed E-state index contributed by atoms with van der Waals surface area (Å²) >= 11 is 0. The first kappa shape index (κ1) is 33.8. The van der Waals surface area contributed by atoms with Crippen molar-refractivity contribution >= 4 is 17.9 Å². The second kappa shape index (κ2) is 15.1. The summed E-state index contributed by atoms with van der Waals surface area (Å²) in [6.45, 7) is 18.3. The molecule has 3 aliphatic heterocycles. The lowest BCUT2D eigenvalue weighted by atomic mass is 9.83. The fourth-order valence-electron chi connectivity index (χ4n) is 7.11. The fraction of sp³-hybridized carbons (Fsp3) is 0.906. The quantitative estimate of drug-likeness (QED) is 0.220. The van der Waals surface area contributed by atoms with Gasteiger partial charge in [-0.2, -0.15) is 0 Å². The van der Waals surface area contributed by atoms with Crippen molar-refractivity contribution in [3.63, 3.8) is 0 Å². The Balaban J connectivity index is 1.60. The molecule has 0 aliphatic carbocycles. The maximum atomic E-state index is 13.6. The Kier molecular flexibility index (Phi) is 12.5. The molecule has 0 spiro atoms. The molecule has 0 unspecified atom stereocenters. The Bertz CT molecular complexity index is 807. The van der Waals surface area contributed by atoms with Gasteiger partial charge in [0, 0.05) is 69.1 Å². The molecule has 0 atom stereocenters.